The lowest BCUT2D eigenvalue weighted by Gasteiger charge is -2.22. The third-order valence-corrected chi connectivity index (χ3v) is 2.61. The van der Waals surface area contributed by atoms with Crippen molar-refractivity contribution in [3.63, 3.8) is 0 Å². The number of nitrogens with two attached hydrogens (primary N) is 1. The Kier molecular flexibility index (Phi) is 7.44. The molecule has 102 valence electrons. The summed E-state index contributed by atoms with van der Waals surface area (Å²) in [5, 5.41) is 0. The Bertz CT molecular complexity index is 221. The smallest absolute Gasteiger partial charge is 0.307 e. The van der Waals surface area contributed by atoms with Crippen molar-refractivity contribution >= 4 is 5.97 Å². The van der Waals surface area contributed by atoms with Crippen molar-refractivity contribution < 1.29 is 9.53 Å². The molecule has 3 heteroatoms. The van der Waals surface area contributed by atoms with Crippen molar-refractivity contribution in [1.29, 1.82) is 0 Å². The minimum absolute atomic E-state index is 0.0935. The first-order valence-electron chi connectivity index (χ1n) is 6.65. The fourth-order valence-electron chi connectivity index (χ4n) is 1.94. The van der Waals surface area contributed by atoms with Gasteiger partial charge in [0.1, 0.15) is 0 Å². The molecule has 3 nitrogen and oxygen atoms in total. The Morgan fingerprint density at radius 1 is 1.35 bits per heavy atom. The van der Waals surface area contributed by atoms with Crippen LogP contribution in [0.3, 0.4) is 0 Å². The number of rotatable bonds is 7. The van der Waals surface area contributed by atoms with Gasteiger partial charge in [-0.25, -0.2) is 0 Å². The van der Waals surface area contributed by atoms with Crippen molar-refractivity contribution in [2.75, 3.05) is 6.61 Å². The molecule has 0 aliphatic rings. The van der Waals surface area contributed by atoms with Crippen LogP contribution in [0.5, 0.6) is 0 Å². The zero-order valence-electron chi connectivity index (χ0n) is 12.1. The molecular weight excluding hydrogens is 214 g/mol. The molecule has 0 aromatic carbocycles. The van der Waals surface area contributed by atoms with Crippen LogP contribution >= 0.6 is 0 Å². The molecule has 0 bridgehead atoms. The quantitative estimate of drug-likeness (QED) is 0.699. The van der Waals surface area contributed by atoms with E-state index in [-0.39, 0.29) is 17.4 Å². The van der Waals surface area contributed by atoms with Gasteiger partial charge in [0, 0.05) is 6.04 Å². The number of ether oxygens (including phenoxy) is 1. The molecule has 2 atom stereocenters. The van der Waals surface area contributed by atoms with E-state index in [1.54, 1.807) is 0 Å². The highest BCUT2D eigenvalue weighted by molar-refractivity contribution is 5.70. The first kappa shape index (κ1) is 16.4. The highest BCUT2D eigenvalue weighted by Gasteiger charge is 2.19. The van der Waals surface area contributed by atoms with E-state index < -0.39 is 0 Å². The maximum absolute atomic E-state index is 11.5. The van der Waals surface area contributed by atoms with Crippen molar-refractivity contribution in [3.05, 3.63) is 0 Å². The SMILES string of the molecule is CCCC(C)COC(=O)CC(N)CC(C)(C)C. The standard InChI is InChI=1S/C14H29NO2/c1-6-7-11(2)10-17-13(16)8-12(15)9-14(3,4)5/h11-12H,6-10,15H2,1-5H3. The van der Waals surface area contributed by atoms with Crippen LogP contribution in [0.25, 0.3) is 0 Å². The maximum Gasteiger partial charge on any atom is 0.307 e. The molecule has 0 fully saturated rings. The molecule has 0 amide bonds. The van der Waals surface area contributed by atoms with Crippen LogP contribution in [-0.4, -0.2) is 18.6 Å². The van der Waals surface area contributed by atoms with E-state index in [0.717, 1.165) is 19.3 Å². The molecular formula is C14H29NO2. The summed E-state index contributed by atoms with van der Waals surface area (Å²) in [7, 11) is 0. The molecule has 0 aliphatic heterocycles. The largest absolute Gasteiger partial charge is 0.465 e. The minimum atomic E-state index is -0.162. The van der Waals surface area contributed by atoms with Crippen LogP contribution in [0, 0.1) is 11.3 Å². The summed E-state index contributed by atoms with van der Waals surface area (Å²) in [5.41, 5.74) is 6.09. The van der Waals surface area contributed by atoms with E-state index in [1.807, 2.05) is 0 Å². The molecule has 0 spiro atoms. The molecule has 17 heavy (non-hydrogen) atoms. The first-order valence-corrected chi connectivity index (χ1v) is 6.65. The molecule has 0 heterocycles. The van der Waals surface area contributed by atoms with Gasteiger partial charge in [0.2, 0.25) is 0 Å². The van der Waals surface area contributed by atoms with Crippen LogP contribution < -0.4 is 5.73 Å². The maximum atomic E-state index is 11.5. The van der Waals surface area contributed by atoms with Gasteiger partial charge in [0.05, 0.1) is 13.0 Å². The highest BCUT2D eigenvalue weighted by atomic mass is 16.5. The summed E-state index contributed by atoms with van der Waals surface area (Å²) in [4.78, 5) is 11.5. The predicted octanol–water partition coefficient (Wildman–Crippen LogP) is 3.12. The number of hydrogen-bond acceptors (Lipinski definition) is 3. The predicted molar refractivity (Wildman–Crippen MR) is 71.7 cm³/mol. The third kappa shape index (κ3) is 10.3. The van der Waals surface area contributed by atoms with Gasteiger partial charge in [-0.2, -0.15) is 0 Å². The second-order valence-corrected chi connectivity index (χ2v) is 6.31. The lowest BCUT2D eigenvalue weighted by atomic mass is 9.87. The van der Waals surface area contributed by atoms with E-state index in [0.29, 0.717) is 18.9 Å². The van der Waals surface area contributed by atoms with E-state index in [9.17, 15) is 4.79 Å². The topological polar surface area (TPSA) is 52.3 Å². The minimum Gasteiger partial charge on any atom is -0.465 e. The number of hydrogen-bond donors (Lipinski definition) is 1. The summed E-state index contributed by atoms with van der Waals surface area (Å²) < 4.78 is 5.22. The summed E-state index contributed by atoms with van der Waals surface area (Å²) in [6, 6.07) is -0.0935. The lowest BCUT2D eigenvalue weighted by Crippen LogP contribution is -2.30. The summed E-state index contributed by atoms with van der Waals surface area (Å²) in [5.74, 6) is 0.285. The van der Waals surface area contributed by atoms with E-state index in [4.69, 9.17) is 10.5 Å². The van der Waals surface area contributed by atoms with Crippen molar-refractivity contribution in [1.82, 2.24) is 0 Å². The molecule has 0 radical (unpaired) electrons. The van der Waals surface area contributed by atoms with Gasteiger partial charge < -0.3 is 10.5 Å². The Labute approximate surface area is 106 Å². The Balaban J connectivity index is 3.78. The molecule has 0 aromatic heterocycles. The summed E-state index contributed by atoms with van der Waals surface area (Å²) >= 11 is 0. The highest BCUT2D eigenvalue weighted by Crippen LogP contribution is 2.21. The van der Waals surface area contributed by atoms with Crippen LogP contribution in [0.4, 0.5) is 0 Å². The van der Waals surface area contributed by atoms with Gasteiger partial charge in [0.15, 0.2) is 0 Å². The third-order valence-electron chi connectivity index (χ3n) is 2.61. The monoisotopic (exact) mass is 243 g/mol. The van der Waals surface area contributed by atoms with Gasteiger partial charge in [-0.1, -0.05) is 41.0 Å². The molecule has 2 unspecified atom stereocenters. The fourth-order valence-corrected chi connectivity index (χ4v) is 1.94. The molecule has 0 aromatic rings. The molecule has 2 N–H and O–H groups in total. The summed E-state index contributed by atoms with van der Waals surface area (Å²) in [6.07, 6.45) is 3.40. The van der Waals surface area contributed by atoms with Crippen molar-refractivity contribution in [2.24, 2.45) is 17.1 Å². The number of carbonyl (C=O) groups is 1. The van der Waals surface area contributed by atoms with Crippen LogP contribution in [-0.2, 0) is 9.53 Å². The molecule has 0 saturated heterocycles. The van der Waals surface area contributed by atoms with Gasteiger partial charge in [0.25, 0.3) is 0 Å². The second kappa shape index (κ2) is 7.70. The van der Waals surface area contributed by atoms with E-state index in [2.05, 4.69) is 34.6 Å². The van der Waals surface area contributed by atoms with Gasteiger partial charge in [-0.3, -0.25) is 4.79 Å². The van der Waals surface area contributed by atoms with Crippen molar-refractivity contribution in [3.8, 4) is 0 Å². The Hall–Kier alpha value is -0.570. The average Bonchev–Trinajstić information content (AvgIpc) is 2.12. The Morgan fingerprint density at radius 3 is 2.41 bits per heavy atom. The number of carbonyl (C=O) groups excluding carboxylic acids is 1. The molecule has 0 saturated carbocycles. The fraction of sp³-hybridized carbons (Fsp3) is 0.929. The first-order chi connectivity index (χ1) is 7.74. The van der Waals surface area contributed by atoms with E-state index >= 15 is 0 Å². The van der Waals surface area contributed by atoms with Crippen LogP contribution in [0.15, 0.2) is 0 Å². The van der Waals surface area contributed by atoms with Gasteiger partial charge >= 0.3 is 5.97 Å². The van der Waals surface area contributed by atoms with Crippen molar-refractivity contribution in [2.45, 2.75) is 66.3 Å². The van der Waals surface area contributed by atoms with Crippen LogP contribution in [0.1, 0.15) is 60.3 Å². The zero-order chi connectivity index (χ0) is 13.5. The van der Waals surface area contributed by atoms with Gasteiger partial charge in [-0.05, 0) is 24.2 Å². The lowest BCUT2D eigenvalue weighted by molar-refractivity contribution is -0.145. The molecule has 0 rings (SSSR count). The van der Waals surface area contributed by atoms with E-state index in [1.165, 1.54) is 0 Å². The number of esters is 1. The normalized spacial score (nSPS) is 15.4. The Morgan fingerprint density at radius 2 is 1.94 bits per heavy atom. The zero-order valence-corrected chi connectivity index (χ0v) is 12.1. The average molecular weight is 243 g/mol. The van der Waals surface area contributed by atoms with Crippen LogP contribution in [0.2, 0.25) is 0 Å². The molecule has 0 aliphatic carbocycles. The second-order valence-electron chi connectivity index (χ2n) is 6.31. The van der Waals surface area contributed by atoms with Gasteiger partial charge in [-0.15, -0.1) is 0 Å². The summed E-state index contributed by atoms with van der Waals surface area (Å²) in [6.45, 7) is 11.1.